The van der Waals surface area contributed by atoms with Gasteiger partial charge in [0.25, 0.3) is 5.91 Å². The van der Waals surface area contributed by atoms with Crippen LogP contribution in [0.5, 0.6) is 5.75 Å². The second kappa shape index (κ2) is 8.08. The monoisotopic (exact) mass is 391 g/mol. The van der Waals surface area contributed by atoms with Crippen LogP contribution in [-0.2, 0) is 16.4 Å². The third-order valence-electron chi connectivity index (χ3n) is 4.54. The van der Waals surface area contributed by atoms with Crippen molar-refractivity contribution in [2.45, 2.75) is 25.9 Å². The van der Waals surface area contributed by atoms with Crippen LogP contribution in [0.15, 0.2) is 48.5 Å². The van der Waals surface area contributed by atoms with E-state index in [-0.39, 0.29) is 24.0 Å². The highest BCUT2D eigenvalue weighted by Gasteiger charge is 2.35. The highest BCUT2D eigenvalue weighted by atomic mass is 32.2. The Hall–Kier alpha value is -2.41. The molecule has 144 valence electrons. The zero-order chi connectivity index (χ0) is 19.4. The van der Waals surface area contributed by atoms with Gasteiger partial charge < -0.3 is 9.64 Å². The third-order valence-corrected chi connectivity index (χ3v) is 6.29. The number of benzene rings is 2. The molecule has 1 aliphatic heterocycles. The predicted molar refractivity (Wildman–Crippen MR) is 101 cm³/mol. The van der Waals surface area contributed by atoms with Gasteiger partial charge in [-0.3, -0.25) is 4.79 Å². The van der Waals surface area contributed by atoms with Gasteiger partial charge in [-0.2, -0.15) is 0 Å². The van der Waals surface area contributed by atoms with Crippen molar-refractivity contribution in [3.63, 3.8) is 0 Å². The summed E-state index contributed by atoms with van der Waals surface area (Å²) in [4.78, 5) is 14.7. The van der Waals surface area contributed by atoms with E-state index in [0.717, 1.165) is 0 Å². The van der Waals surface area contributed by atoms with Gasteiger partial charge in [0, 0.05) is 18.2 Å². The zero-order valence-corrected chi connectivity index (χ0v) is 15.9. The Kier molecular flexibility index (Phi) is 5.79. The van der Waals surface area contributed by atoms with Crippen molar-refractivity contribution in [3.8, 4) is 5.75 Å². The van der Waals surface area contributed by atoms with E-state index in [1.807, 2.05) is 6.92 Å². The van der Waals surface area contributed by atoms with Gasteiger partial charge in [0.15, 0.2) is 9.84 Å². The second-order valence-corrected chi connectivity index (χ2v) is 8.81. The molecule has 0 radical (unpaired) electrons. The highest BCUT2D eigenvalue weighted by Crippen LogP contribution is 2.24. The van der Waals surface area contributed by atoms with Gasteiger partial charge >= 0.3 is 0 Å². The number of nitrogens with zero attached hydrogens (tertiary/aromatic N) is 1. The van der Waals surface area contributed by atoms with E-state index < -0.39 is 21.7 Å². The highest BCUT2D eigenvalue weighted by molar-refractivity contribution is 7.91. The number of carbonyl (C=O) groups excluding carboxylic acids is 1. The minimum absolute atomic E-state index is 0.0591. The van der Waals surface area contributed by atoms with Gasteiger partial charge in [0.05, 0.1) is 18.1 Å². The van der Waals surface area contributed by atoms with Crippen LogP contribution in [0, 0.1) is 5.82 Å². The smallest absolute Gasteiger partial charge is 0.254 e. The van der Waals surface area contributed by atoms with Gasteiger partial charge in [-0.25, -0.2) is 12.8 Å². The molecule has 1 amide bonds. The maximum atomic E-state index is 13.6. The fraction of sp³-hybridized carbons (Fsp3) is 0.350. The van der Waals surface area contributed by atoms with Gasteiger partial charge in [0.1, 0.15) is 11.6 Å². The van der Waals surface area contributed by atoms with Crippen LogP contribution < -0.4 is 4.74 Å². The van der Waals surface area contributed by atoms with E-state index in [1.165, 1.54) is 17.0 Å². The fourth-order valence-corrected chi connectivity index (χ4v) is 5.00. The average Bonchev–Trinajstić information content (AvgIpc) is 2.99. The van der Waals surface area contributed by atoms with Crippen molar-refractivity contribution in [2.75, 3.05) is 18.1 Å². The Morgan fingerprint density at radius 1 is 1.22 bits per heavy atom. The van der Waals surface area contributed by atoms with Crippen molar-refractivity contribution in [1.29, 1.82) is 0 Å². The van der Waals surface area contributed by atoms with Crippen LogP contribution in [0.3, 0.4) is 0 Å². The fourth-order valence-electron chi connectivity index (χ4n) is 3.27. The van der Waals surface area contributed by atoms with Crippen molar-refractivity contribution in [3.05, 3.63) is 65.5 Å². The van der Waals surface area contributed by atoms with Crippen LogP contribution in [0.1, 0.15) is 29.3 Å². The molecule has 0 unspecified atom stereocenters. The number of rotatable bonds is 6. The lowest BCUT2D eigenvalue weighted by Crippen LogP contribution is -2.40. The molecule has 0 N–H and O–H groups in total. The molecule has 5 nitrogen and oxygen atoms in total. The number of hydrogen-bond acceptors (Lipinski definition) is 4. The number of halogens is 1. The van der Waals surface area contributed by atoms with Crippen LogP contribution in [0.25, 0.3) is 0 Å². The molecule has 27 heavy (non-hydrogen) atoms. The van der Waals surface area contributed by atoms with Crippen molar-refractivity contribution >= 4 is 15.7 Å². The van der Waals surface area contributed by atoms with Crippen molar-refractivity contribution < 1.29 is 22.3 Å². The molecule has 0 spiro atoms. The summed E-state index contributed by atoms with van der Waals surface area (Å²) in [5, 5.41) is 0. The summed E-state index contributed by atoms with van der Waals surface area (Å²) >= 11 is 0. The molecule has 1 saturated heterocycles. The standard InChI is InChI=1S/C20H22FNO4S/c1-2-26-19-8-4-6-16(12-19)20(23)22(18-9-10-27(24,25)14-18)13-15-5-3-7-17(21)11-15/h3-8,11-12,18H,2,9-10,13-14H2,1H3/t18-/m0/s1. The minimum atomic E-state index is -3.17. The van der Waals surface area contributed by atoms with Crippen molar-refractivity contribution in [2.24, 2.45) is 0 Å². The van der Waals surface area contributed by atoms with Crippen LogP contribution in [0.2, 0.25) is 0 Å². The molecule has 1 heterocycles. The summed E-state index contributed by atoms with van der Waals surface area (Å²) < 4.78 is 42.9. The summed E-state index contributed by atoms with van der Waals surface area (Å²) in [6.45, 7) is 2.48. The Morgan fingerprint density at radius 2 is 2.00 bits per heavy atom. The minimum Gasteiger partial charge on any atom is -0.494 e. The number of amides is 1. The molecule has 7 heteroatoms. The Bertz CT molecular complexity index is 929. The summed E-state index contributed by atoms with van der Waals surface area (Å²) in [7, 11) is -3.17. The molecule has 1 aliphatic rings. The molecule has 0 aromatic heterocycles. The Morgan fingerprint density at radius 3 is 2.67 bits per heavy atom. The zero-order valence-electron chi connectivity index (χ0n) is 15.1. The quantitative estimate of drug-likeness (QED) is 0.759. The first kappa shape index (κ1) is 19.4. The lowest BCUT2D eigenvalue weighted by atomic mass is 10.1. The first-order chi connectivity index (χ1) is 12.9. The van der Waals surface area contributed by atoms with E-state index in [4.69, 9.17) is 4.74 Å². The molecular weight excluding hydrogens is 369 g/mol. The van der Waals surface area contributed by atoms with E-state index >= 15 is 0 Å². The first-order valence-electron chi connectivity index (χ1n) is 8.86. The van der Waals surface area contributed by atoms with Gasteiger partial charge in [0.2, 0.25) is 0 Å². The molecular formula is C20H22FNO4S. The normalized spacial score (nSPS) is 18.2. The number of sulfone groups is 1. The largest absolute Gasteiger partial charge is 0.494 e. The lowest BCUT2D eigenvalue weighted by molar-refractivity contribution is 0.0680. The summed E-state index contributed by atoms with van der Waals surface area (Å²) in [5.41, 5.74) is 1.04. The second-order valence-electron chi connectivity index (χ2n) is 6.58. The number of carbonyl (C=O) groups is 1. The Balaban J connectivity index is 1.91. The van der Waals surface area contributed by atoms with Gasteiger partial charge in [-0.05, 0) is 49.2 Å². The predicted octanol–water partition coefficient (Wildman–Crippen LogP) is 3.05. The number of ether oxygens (including phenoxy) is 1. The molecule has 0 aliphatic carbocycles. The molecule has 3 rings (SSSR count). The van der Waals surface area contributed by atoms with E-state index in [0.29, 0.717) is 29.9 Å². The summed E-state index contributed by atoms with van der Waals surface area (Å²) in [6.07, 6.45) is 0.383. The lowest BCUT2D eigenvalue weighted by Gasteiger charge is -2.28. The van der Waals surface area contributed by atoms with Crippen LogP contribution in [0.4, 0.5) is 4.39 Å². The summed E-state index contributed by atoms with van der Waals surface area (Å²) in [6, 6.07) is 12.4. The van der Waals surface area contributed by atoms with Crippen LogP contribution in [-0.4, -0.2) is 43.4 Å². The molecule has 0 bridgehead atoms. The Labute approximate surface area is 158 Å². The number of hydrogen-bond donors (Lipinski definition) is 0. The summed E-state index contributed by atoms with van der Waals surface area (Å²) in [5.74, 6) is -0.115. The SMILES string of the molecule is CCOc1cccc(C(=O)N(Cc2cccc(F)c2)[C@H]2CCS(=O)(=O)C2)c1. The molecule has 2 aromatic carbocycles. The van der Waals surface area contributed by atoms with E-state index in [9.17, 15) is 17.6 Å². The van der Waals surface area contributed by atoms with Gasteiger partial charge in [-0.15, -0.1) is 0 Å². The van der Waals surface area contributed by atoms with Crippen molar-refractivity contribution in [1.82, 2.24) is 4.90 Å². The average molecular weight is 391 g/mol. The molecule has 0 saturated carbocycles. The topological polar surface area (TPSA) is 63.7 Å². The van der Waals surface area contributed by atoms with E-state index in [2.05, 4.69) is 0 Å². The van der Waals surface area contributed by atoms with E-state index in [1.54, 1.807) is 36.4 Å². The van der Waals surface area contributed by atoms with Crippen LogP contribution >= 0.6 is 0 Å². The van der Waals surface area contributed by atoms with Gasteiger partial charge in [-0.1, -0.05) is 18.2 Å². The first-order valence-corrected chi connectivity index (χ1v) is 10.7. The molecule has 1 atom stereocenters. The molecule has 1 fully saturated rings. The maximum absolute atomic E-state index is 13.6. The maximum Gasteiger partial charge on any atom is 0.254 e. The molecule has 2 aromatic rings. The third kappa shape index (κ3) is 4.86.